The Hall–Kier alpha value is -1.84. The molecule has 0 heterocycles. The minimum absolute atomic E-state index is 0.0204. The number of hydrogen-bond donors (Lipinski definition) is 2. The van der Waals surface area contributed by atoms with Crippen LogP contribution in [0.15, 0.2) is 29.2 Å². The Balaban J connectivity index is 2.70. The summed E-state index contributed by atoms with van der Waals surface area (Å²) in [5.74, 6) is 1.46. The highest BCUT2D eigenvalue weighted by atomic mass is 32.2. The highest BCUT2D eigenvalue weighted by molar-refractivity contribution is 7.89. The van der Waals surface area contributed by atoms with Crippen LogP contribution in [0.4, 0.5) is 0 Å². The summed E-state index contributed by atoms with van der Waals surface area (Å²) in [6.07, 6.45) is 5.77. The Morgan fingerprint density at radius 1 is 1.32 bits per heavy atom. The van der Waals surface area contributed by atoms with Crippen molar-refractivity contribution in [2.45, 2.75) is 24.2 Å². The molecule has 0 bridgehead atoms. The van der Waals surface area contributed by atoms with Crippen LogP contribution in [0.25, 0.3) is 0 Å². The molecule has 1 aromatic rings. The zero-order valence-corrected chi connectivity index (χ0v) is 11.1. The minimum Gasteiger partial charge on any atom is -0.481 e. The van der Waals surface area contributed by atoms with Crippen molar-refractivity contribution in [1.29, 1.82) is 0 Å². The SMILES string of the molecule is C#CCCNS(=O)(=O)c1ccc(CCC(=O)O)cc1. The van der Waals surface area contributed by atoms with Crippen molar-refractivity contribution >= 4 is 16.0 Å². The van der Waals surface area contributed by atoms with Gasteiger partial charge in [-0.25, -0.2) is 13.1 Å². The van der Waals surface area contributed by atoms with Gasteiger partial charge in [0, 0.05) is 19.4 Å². The van der Waals surface area contributed by atoms with Crippen LogP contribution in [0.1, 0.15) is 18.4 Å². The van der Waals surface area contributed by atoms with Gasteiger partial charge in [-0.1, -0.05) is 12.1 Å². The first-order valence-corrected chi connectivity index (χ1v) is 7.18. The molecule has 102 valence electrons. The summed E-state index contributed by atoms with van der Waals surface area (Å²) in [5, 5.41) is 8.56. The van der Waals surface area contributed by atoms with E-state index in [2.05, 4.69) is 10.6 Å². The normalized spacial score (nSPS) is 10.9. The van der Waals surface area contributed by atoms with Crippen LogP contribution in [-0.2, 0) is 21.2 Å². The van der Waals surface area contributed by atoms with Gasteiger partial charge in [-0.2, -0.15) is 0 Å². The molecular weight excluding hydrogens is 266 g/mol. The lowest BCUT2D eigenvalue weighted by atomic mass is 10.1. The Morgan fingerprint density at radius 2 is 1.95 bits per heavy atom. The third-order valence-electron chi connectivity index (χ3n) is 2.42. The molecule has 0 saturated heterocycles. The molecule has 0 radical (unpaired) electrons. The predicted molar refractivity (Wildman–Crippen MR) is 71.0 cm³/mol. The summed E-state index contributed by atoms with van der Waals surface area (Å²) in [6, 6.07) is 6.13. The van der Waals surface area contributed by atoms with Crippen LogP contribution in [-0.4, -0.2) is 26.0 Å². The Kier molecular flexibility index (Phi) is 5.55. The minimum atomic E-state index is -3.54. The molecule has 2 N–H and O–H groups in total. The molecule has 0 spiro atoms. The van der Waals surface area contributed by atoms with Gasteiger partial charge < -0.3 is 5.11 Å². The van der Waals surface area contributed by atoms with Crippen molar-refractivity contribution in [2.24, 2.45) is 0 Å². The Bertz CT molecular complexity index is 570. The Labute approximate surface area is 112 Å². The van der Waals surface area contributed by atoms with E-state index in [1.807, 2.05) is 0 Å². The van der Waals surface area contributed by atoms with Crippen molar-refractivity contribution in [3.8, 4) is 12.3 Å². The standard InChI is InChI=1S/C13H15NO4S/c1-2-3-10-14-19(17,18)12-7-4-11(5-8-12)6-9-13(15)16/h1,4-5,7-8,14H,3,6,9-10H2,(H,15,16). The van der Waals surface area contributed by atoms with E-state index in [0.29, 0.717) is 12.8 Å². The van der Waals surface area contributed by atoms with Crippen LogP contribution in [0.2, 0.25) is 0 Å². The largest absolute Gasteiger partial charge is 0.481 e. The van der Waals surface area contributed by atoms with Crippen LogP contribution in [0, 0.1) is 12.3 Å². The molecule has 0 aliphatic carbocycles. The number of carboxylic acids is 1. The molecule has 1 aromatic carbocycles. The van der Waals surface area contributed by atoms with E-state index in [4.69, 9.17) is 11.5 Å². The summed E-state index contributed by atoms with van der Waals surface area (Å²) in [7, 11) is -3.54. The Morgan fingerprint density at radius 3 is 2.47 bits per heavy atom. The third kappa shape index (κ3) is 5.12. The van der Waals surface area contributed by atoms with E-state index in [1.54, 1.807) is 12.1 Å². The van der Waals surface area contributed by atoms with Gasteiger partial charge in [0.2, 0.25) is 10.0 Å². The number of hydrogen-bond acceptors (Lipinski definition) is 3. The first-order chi connectivity index (χ1) is 8.95. The van der Waals surface area contributed by atoms with E-state index in [-0.39, 0.29) is 17.9 Å². The smallest absolute Gasteiger partial charge is 0.303 e. The molecular formula is C13H15NO4S. The number of terminal acetylenes is 1. The summed E-state index contributed by atoms with van der Waals surface area (Å²) < 4.78 is 26.0. The van der Waals surface area contributed by atoms with Gasteiger partial charge in [-0.3, -0.25) is 4.79 Å². The first-order valence-electron chi connectivity index (χ1n) is 5.69. The summed E-state index contributed by atoms with van der Waals surface area (Å²) >= 11 is 0. The maximum Gasteiger partial charge on any atom is 0.303 e. The predicted octanol–water partition coefficient (Wildman–Crippen LogP) is 1.01. The van der Waals surface area contributed by atoms with Crippen LogP contribution >= 0.6 is 0 Å². The number of nitrogens with one attached hydrogen (secondary N) is 1. The van der Waals surface area contributed by atoms with Crippen molar-refractivity contribution in [3.63, 3.8) is 0 Å². The summed E-state index contributed by atoms with van der Waals surface area (Å²) in [6.45, 7) is 0.194. The molecule has 5 nitrogen and oxygen atoms in total. The van der Waals surface area contributed by atoms with Crippen molar-refractivity contribution in [1.82, 2.24) is 4.72 Å². The van der Waals surface area contributed by atoms with Crippen molar-refractivity contribution in [2.75, 3.05) is 6.54 Å². The van der Waals surface area contributed by atoms with E-state index >= 15 is 0 Å². The highest BCUT2D eigenvalue weighted by Crippen LogP contribution is 2.11. The van der Waals surface area contributed by atoms with Gasteiger partial charge in [-0.05, 0) is 24.1 Å². The number of carbonyl (C=O) groups is 1. The quantitative estimate of drug-likeness (QED) is 0.577. The van der Waals surface area contributed by atoms with Gasteiger partial charge in [0.25, 0.3) is 0 Å². The van der Waals surface area contributed by atoms with E-state index in [0.717, 1.165) is 5.56 Å². The lowest BCUT2D eigenvalue weighted by molar-refractivity contribution is -0.136. The number of aliphatic carboxylic acids is 1. The molecule has 0 aliphatic rings. The molecule has 19 heavy (non-hydrogen) atoms. The van der Waals surface area contributed by atoms with Crippen LogP contribution in [0.3, 0.4) is 0 Å². The summed E-state index contributed by atoms with van der Waals surface area (Å²) in [4.78, 5) is 10.6. The number of aryl methyl sites for hydroxylation is 1. The number of benzene rings is 1. The lowest BCUT2D eigenvalue weighted by Crippen LogP contribution is -2.24. The zero-order chi connectivity index (χ0) is 14.3. The topological polar surface area (TPSA) is 83.5 Å². The first kappa shape index (κ1) is 15.2. The van der Waals surface area contributed by atoms with Crippen molar-refractivity contribution in [3.05, 3.63) is 29.8 Å². The van der Waals surface area contributed by atoms with Gasteiger partial charge in [-0.15, -0.1) is 12.3 Å². The molecule has 0 aliphatic heterocycles. The second-order valence-electron chi connectivity index (χ2n) is 3.89. The van der Waals surface area contributed by atoms with Gasteiger partial charge in [0.1, 0.15) is 0 Å². The average molecular weight is 281 g/mol. The highest BCUT2D eigenvalue weighted by Gasteiger charge is 2.12. The number of carboxylic acid groups (broad SMARTS) is 1. The van der Waals surface area contributed by atoms with Gasteiger partial charge >= 0.3 is 5.97 Å². The van der Waals surface area contributed by atoms with Gasteiger partial charge in [0.05, 0.1) is 4.90 Å². The van der Waals surface area contributed by atoms with E-state index in [9.17, 15) is 13.2 Å². The molecule has 0 atom stereocenters. The second kappa shape index (κ2) is 6.92. The average Bonchev–Trinajstić information content (AvgIpc) is 2.37. The maximum atomic E-state index is 11.8. The number of rotatable bonds is 7. The molecule has 0 unspecified atom stereocenters. The molecule has 1 rings (SSSR count). The van der Waals surface area contributed by atoms with E-state index in [1.165, 1.54) is 12.1 Å². The molecule has 6 heteroatoms. The molecule has 0 aromatic heterocycles. The third-order valence-corrected chi connectivity index (χ3v) is 3.90. The second-order valence-corrected chi connectivity index (χ2v) is 5.66. The monoisotopic (exact) mass is 281 g/mol. The molecule has 0 saturated carbocycles. The van der Waals surface area contributed by atoms with Gasteiger partial charge in [0.15, 0.2) is 0 Å². The van der Waals surface area contributed by atoms with Crippen molar-refractivity contribution < 1.29 is 18.3 Å². The maximum absolute atomic E-state index is 11.8. The number of sulfonamides is 1. The van der Waals surface area contributed by atoms with Crippen LogP contribution < -0.4 is 4.72 Å². The van der Waals surface area contributed by atoms with Crippen LogP contribution in [0.5, 0.6) is 0 Å². The van der Waals surface area contributed by atoms with E-state index < -0.39 is 16.0 Å². The lowest BCUT2D eigenvalue weighted by Gasteiger charge is -2.06. The fourth-order valence-electron chi connectivity index (χ4n) is 1.43. The zero-order valence-electron chi connectivity index (χ0n) is 10.3. The fourth-order valence-corrected chi connectivity index (χ4v) is 2.46. The molecule has 0 fully saturated rings. The summed E-state index contributed by atoms with van der Waals surface area (Å²) in [5.41, 5.74) is 0.782. The fraction of sp³-hybridized carbons (Fsp3) is 0.308. The molecule has 0 amide bonds.